The molecule has 1 atom stereocenters. The zero-order chi connectivity index (χ0) is 17.4. The summed E-state index contributed by atoms with van der Waals surface area (Å²) < 4.78 is 15.9. The van der Waals surface area contributed by atoms with Crippen molar-refractivity contribution in [2.24, 2.45) is 0 Å². The highest BCUT2D eigenvalue weighted by Crippen LogP contribution is 2.27. The Labute approximate surface area is 144 Å². The summed E-state index contributed by atoms with van der Waals surface area (Å²) in [6.45, 7) is 3.12. The molecule has 0 saturated carbocycles. The van der Waals surface area contributed by atoms with Gasteiger partial charge in [-0.05, 0) is 61.7 Å². The third-order valence-corrected chi connectivity index (χ3v) is 4.03. The van der Waals surface area contributed by atoms with Crippen LogP contribution in [0, 0.1) is 0 Å². The first-order chi connectivity index (χ1) is 11.7. The molecule has 2 aromatic rings. The molecular formula is C20H27NO3. The molecule has 4 nitrogen and oxygen atoms in total. The lowest BCUT2D eigenvalue weighted by atomic mass is 10.1. The number of rotatable bonds is 9. The normalized spacial score (nSPS) is 11.8. The molecule has 0 aliphatic rings. The van der Waals surface area contributed by atoms with Gasteiger partial charge in [-0.15, -0.1) is 0 Å². The Morgan fingerprint density at radius 1 is 0.875 bits per heavy atom. The van der Waals surface area contributed by atoms with Crippen LogP contribution in [0.2, 0.25) is 0 Å². The molecule has 130 valence electrons. The Kier molecular flexibility index (Phi) is 6.94. The van der Waals surface area contributed by atoms with Gasteiger partial charge in [0.05, 0.1) is 21.3 Å². The predicted molar refractivity (Wildman–Crippen MR) is 97.4 cm³/mol. The Hall–Kier alpha value is -2.20. The minimum absolute atomic E-state index is 0.400. The van der Waals surface area contributed by atoms with E-state index in [4.69, 9.17) is 14.2 Å². The van der Waals surface area contributed by atoms with Crippen LogP contribution in [0.1, 0.15) is 18.1 Å². The Balaban J connectivity index is 1.82. The molecule has 4 heteroatoms. The fourth-order valence-corrected chi connectivity index (χ4v) is 2.72. The van der Waals surface area contributed by atoms with Gasteiger partial charge < -0.3 is 19.5 Å². The van der Waals surface area contributed by atoms with Crippen molar-refractivity contribution < 1.29 is 14.2 Å². The third kappa shape index (κ3) is 5.17. The van der Waals surface area contributed by atoms with Crippen LogP contribution in [0.4, 0.5) is 0 Å². The van der Waals surface area contributed by atoms with Crippen LogP contribution in [0.5, 0.6) is 17.2 Å². The molecule has 0 saturated heterocycles. The first-order valence-corrected chi connectivity index (χ1v) is 8.23. The maximum Gasteiger partial charge on any atom is 0.160 e. The molecule has 2 rings (SSSR count). The zero-order valence-corrected chi connectivity index (χ0v) is 15.0. The number of hydrogen-bond acceptors (Lipinski definition) is 4. The van der Waals surface area contributed by atoms with Crippen molar-refractivity contribution in [1.82, 2.24) is 5.32 Å². The molecule has 0 spiro atoms. The van der Waals surface area contributed by atoms with Crippen molar-refractivity contribution in [3.05, 3.63) is 53.6 Å². The van der Waals surface area contributed by atoms with Gasteiger partial charge in [-0.25, -0.2) is 0 Å². The fourth-order valence-electron chi connectivity index (χ4n) is 2.72. The van der Waals surface area contributed by atoms with Crippen LogP contribution in [0.25, 0.3) is 0 Å². The number of benzene rings is 2. The van der Waals surface area contributed by atoms with E-state index >= 15 is 0 Å². The molecule has 0 aliphatic carbocycles. The van der Waals surface area contributed by atoms with Gasteiger partial charge in [-0.3, -0.25) is 0 Å². The van der Waals surface area contributed by atoms with Gasteiger partial charge in [-0.1, -0.05) is 18.2 Å². The first kappa shape index (κ1) is 18.1. The summed E-state index contributed by atoms with van der Waals surface area (Å²) in [7, 11) is 5.01. The average Bonchev–Trinajstić information content (AvgIpc) is 2.61. The predicted octanol–water partition coefficient (Wildman–Crippen LogP) is 3.48. The van der Waals surface area contributed by atoms with Crippen LogP contribution in [-0.4, -0.2) is 33.9 Å². The summed E-state index contributed by atoms with van der Waals surface area (Å²) in [5, 5.41) is 3.57. The van der Waals surface area contributed by atoms with Crippen LogP contribution in [-0.2, 0) is 12.8 Å². The van der Waals surface area contributed by atoms with Crippen LogP contribution >= 0.6 is 0 Å². The molecular weight excluding hydrogens is 302 g/mol. The first-order valence-electron chi connectivity index (χ1n) is 8.23. The Bertz CT molecular complexity index is 643. The summed E-state index contributed by atoms with van der Waals surface area (Å²) in [6.07, 6.45) is 1.92. The molecule has 0 bridgehead atoms. The van der Waals surface area contributed by atoms with Gasteiger partial charge in [-0.2, -0.15) is 0 Å². The molecule has 0 aromatic heterocycles. The number of nitrogens with one attached hydrogen (secondary N) is 1. The highest BCUT2D eigenvalue weighted by molar-refractivity contribution is 5.42. The van der Waals surface area contributed by atoms with Crippen LogP contribution in [0.3, 0.4) is 0 Å². The van der Waals surface area contributed by atoms with E-state index in [2.05, 4.69) is 30.4 Å². The summed E-state index contributed by atoms with van der Waals surface area (Å²) in [4.78, 5) is 0. The van der Waals surface area contributed by atoms with Gasteiger partial charge >= 0.3 is 0 Å². The van der Waals surface area contributed by atoms with Crippen molar-refractivity contribution in [1.29, 1.82) is 0 Å². The van der Waals surface area contributed by atoms with Crippen molar-refractivity contribution in [3.8, 4) is 17.2 Å². The molecule has 0 radical (unpaired) electrons. The van der Waals surface area contributed by atoms with Gasteiger partial charge in [0.25, 0.3) is 0 Å². The lowest BCUT2D eigenvalue weighted by Gasteiger charge is -2.15. The van der Waals surface area contributed by atoms with E-state index in [1.807, 2.05) is 24.3 Å². The van der Waals surface area contributed by atoms with Crippen molar-refractivity contribution in [3.63, 3.8) is 0 Å². The van der Waals surface area contributed by atoms with Gasteiger partial charge in [0.2, 0.25) is 0 Å². The molecule has 1 N–H and O–H groups in total. The molecule has 0 amide bonds. The van der Waals surface area contributed by atoms with E-state index in [9.17, 15) is 0 Å². The standard InChI is InChI=1S/C20H27NO3/c1-15(12-17-6-5-7-18(13-17)22-2)21-11-10-16-8-9-19(23-3)20(14-16)24-4/h5-9,13-15,21H,10-12H2,1-4H3/t15-/m0/s1. The molecule has 0 aliphatic heterocycles. The highest BCUT2D eigenvalue weighted by atomic mass is 16.5. The maximum absolute atomic E-state index is 5.35. The number of methoxy groups -OCH3 is 3. The van der Waals surface area contributed by atoms with E-state index in [-0.39, 0.29) is 0 Å². The second-order valence-corrected chi connectivity index (χ2v) is 5.85. The van der Waals surface area contributed by atoms with Gasteiger partial charge in [0, 0.05) is 6.04 Å². The van der Waals surface area contributed by atoms with Gasteiger partial charge in [0.1, 0.15) is 5.75 Å². The lowest BCUT2D eigenvalue weighted by Crippen LogP contribution is -2.30. The Morgan fingerprint density at radius 3 is 2.38 bits per heavy atom. The molecule has 24 heavy (non-hydrogen) atoms. The van der Waals surface area contributed by atoms with Crippen molar-refractivity contribution >= 4 is 0 Å². The van der Waals surface area contributed by atoms with Gasteiger partial charge in [0.15, 0.2) is 11.5 Å². The molecule has 2 aromatic carbocycles. The second kappa shape index (κ2) is 9.18. The van der Waals surface area contributed by atoms with E-state index in [0.29, 0.717) is 6.04 Å². The monoisotopic (exact) mass is 329 g/mol. The zero-order valence-electron chi connectivity index (χ0n) is 15.0. The summed E-state index contributed by atoms with van der Waals surface area (Å²) in [6, 6.07) is 14.7. The maximum atomic E-state index is 5.35. The largest absolute Gasteiger partial charge is 0.497 e. The number of ether oxygens (including phenoxy) is 3. The molecule has 0 fully saturated rings. The average molecular weight is 329 g/mol. The second-order valence-electron chi connectivity index (χ2n) is 5.85. The topological polar surface area (TPSA) is 39.7 Å². The van der Waals surface area contributed by atoms with E-state index in [1.165, 1.54) is 11.1 Å². The summed E-state index contributed by atoms with van der Waals surface area (Å²) >= 11 is 0. The minimum atomic E-state index is 0.400. The smallest absolute Gasteiger partial charge is 0.160 e. The fraction of sp³-hybridized carbons (Fsp3) is 0.400. The van der Waals surface area contributed by atoms with Crippen LogP contribution < -0.4 is 19.5 Å². The summed E-state index contributed by atoms with van der Waals surface area (Å²) in [5.74, 6) is 2.45. The number of hydrogen-bond donors (Lipinski definition) is 1. The van der Waals surface area contributed by atoms with Crippen molar-refractivity contribution in [2.45, 2.75) is 25.8 Å². The minimum Gasteiger partial charge on any atom is -0.497 e. The van der Waals surface area contributed by atoms with Crippen molar-refractivity contribution in [2.75, 3.05) is 27.9 Å². The third-order valence-electron chi connectivity index (χ3n) is 4.03. The van der Waals surface area contributed by atoms with E-state index in [0.717, 1.165) is 36.6 Å². The van der Waals surface area contributed by atoms with Crippen LogP contribution in [0.15, 0.2) is 42.5 Å². The lowest BCUT2D eigenvalue weighted by molar-refractivity contribution is 0.354. The molecule has 0 heterocycles. The highest BCUT2D eigenvalue weighted by Gasteiger charge is 2.06. The quantitative estimate of drug-likeness (QED) is 0.764. The van der Waals surface area contributed by atoms with E-state index in [1.54, 1.807) is 21.3 Å². The summed E-state index contributed by atoms with van der Waals surface area (Å²) in [5.41, 5.74) is 2.51. The SMILES string of the molecule is COc1cccc(C[C@H](C)NCCc2ccc(OC)c(OC)c2)c1. The van der Waals surface area contributed by atoms with E-state index < -0.39 is 0 Å². The molecule has 0 unspecified atom stereocenters. The Morgan fingerprint density at radius 2 is 1.67 bits per heavy atom.